The normalized spacial score (nSPS) is 14.2. The highest BCUT2D eigenvalue weighted by molar-refractivity contribution is 5.92. The van der Waals surface area contributed by atoms with Gasteiger partial charge in [0.2, 0.25) is 23.6 Å². The fraction of sp³-hybridized carbons (Fsp3) is 0.684. The maximum atomic E-state index is 12.7. The van der Waals surface area contributed by atoms with Crippen molar-refractivity contribution in [2.45, 2.75) is 64.1 Å². The maximum Gasteiger partial charge on any atom is 0.326 e. The van der Waals surface area contributed by atoms with E-state index in [0.717, 1.165) is 0 Å². The van der Waals surface area contributed by atoms with Gasteiger partial charge in [-0.2, -0.15) is 0 Å². The van der Waals surface area contributed by atoms with Crippen LogP contribution in [0.2, 0.25) is 0 Å². The van der Waals surface area contributed by atoms with Crippen molar-refractivity contribution < 1.29 is 29.1 Å². The molecule has 4 atom stereocenters. The third-order valence-corrected chi connectivity index (χ3v) is 4.84. The quantitative estimate of drug-likeness (QED) is 0.0639. The Bertz CT molecular complexity index is 725. The minimum absolute atomic E-state index is 0.0186. The summed E-state index contributed by atoms with van der Waals surface area (Å²) in [7, 11) is 0. The van der Waals surface area contributed by atoms with E-state index in [0.29, 0.717) is 12.8 Å². The molecule has 0 aromatic carbocycles. The van der Waals surface area contributed by atoms with Gasteiger partial charge in [0.1, 0.15) is 12.1 Å². The fourth-order valence-corrected chi connectivity index (χ4v) is 2.68. The predicted octanol–water partition coefficient (Wildman–Crippen LogP) is -3.15. The van der Waals surface area contributed by atoms with Crippen LogP contribution in [0.4, 0.5) is 0 Å². The van der Waals surface area contributed by atoms with Gasteiger partial charge in [-0.15, -0.1) is 0 Å². The molecule has 0 spiro atoms. The van der Waals surface area contributed by atoms with Crippen LogP contribution in [0.1, 0.15) is 46.0 Å². The zero-order valence-corrected chi connectivity index (χ0v) is 19.0. The number of nitrogens with two attached hydrogens (primary N) is 4. The van der Waals surface area contributed by atoms with Crippen molar-refractivity contribution in [3.63, 3.8) is 0 Å². The molecule has 0 rings (SSSR count). The minimum Gasteiger partial charge on any atom is -0.480 e. The van der Waals surface area contributed by atoms with Crippen LogP contribution in [0, 0.1) is 5.92 Å². The van der Waals surface area contributed by atoms with Crippen LogP contribution in [0.5, 0.6) is 0 Å². The van der Waals surface area contributed by atoms with Crippen molar-refractivity contribution >= 4 is 35.6 Å². The molecule has 4 unspecified atom stereocenters. The van der Waals surface area contributed by atoms with Gasteiger partial charge < -0.3 is 44.0 Å². The minimum atomic E-state index is -1.19. The Labute approximate surface area is 192 Å². The molecule has 0 saturated carbocycles. The first-order valence-electron chi connectivity index (χ1n) is 10.6. The van der Waals surface area contributed by atoms with Gasteiger partial charge in [0.05, 0.1) is 12.6 Å². The molecule has 0 saturated heterocycles. The largest absolute Gasteiger partial charge is 0.480 e. The number of nitrogens with one attached hydrogen (secondary N) is 3. The summed E-state index contributed by atoms with van der Waals surface area (Å²) in [5, 5.41) is 16.6. The number of carbonyl (C=O) groups excluding carboxylic acids is 4. The summed E-state index contributed by atoms with van der Waals surface area (Å²) in [4.78, 5) is 63.0. The number of hydrogen-bond acceptors (Lipinski definition) is 7. The molecule has 0 fully saturated rings. The second-order valence-corrected chi connectivity index (χ2v) is 7.61. The number of carbonyl (C=O) groups is 5. The Morgan fingerprint density at radius 3 is 2.15 bits per heavy atom. The van der Waals surface area contributed by atoms with E-state index < -0.39 is 54.3 Å². The van der Waals surface area contributed by atoms with Gasteiger partial charge in [0, 0.05) is 13.0 Å². The fourth-order valence-electron chi connectivity index (χ4n) is 2.68. The number of aliphatic imine (C=N–C) groups is 1. The summed E-state index contributed by atoms with van der Waals surface area (Å²) in [5.74, 6) is -4.32. The van der Waals surface area contributed by atoms with Gasteiger partial charge in [-0.3, -0.25) is 24.2 Å². The topological polar surface area (TPSA) is 258 Å². The average Bonchev–Trinajstić information content (AvgIpc) is 2.74. The molecule has 0 bridgehead atoms. The first-order chi connectivity index (χ1) is 15.4. The molecular weight excluding hydrogens is 436 g/mol. The maximum absolute atomic E-state index is 12.7. The number of nitrogens with zero attached hydrogens (tertiary/aromatic N) is 1. The standard InChI is InChI=1S/C19H36N8O6/c1-3-10(2)15(18(32)33)27-17(31)12(5-4-8-24-19(22)23)26-14(29)9-25-16(30)11(20)6-7-13(21)28/h10-12,15H,3-9,20H2,1-2H3,(H2,21,28)(H,25,30)(H,26,29)(H,27,31)(H,32,33)(H4,22,23,24). The number of guanidine groups is 1. The monoisotopic (exact) mass is 472 g/mol. The van der Waals surface area contributed by atoms with Gasteiger partial charge in [0.15, 0.2) is 5.96 Å². The number of aliphatic carboxylic acids is 1. The first kappa shape index (κ1) is 29.6. The first-order valence-corrected chi connectivity index (χ1v) is 10.6. The molecule has 4 amide bonds. The average molecular weight is 473 g/mol. The van der Waals surface area contributed by atoms with E-state index in [1.807, 2.05) is 0 Å². The zero-order chi connectivity index (χ0) is 25.6. The van der Waals surface area contributed by atoms with Crippen LogP contribution in [0.15, 0.2) is 4.99 Å². The molecular formula is C19H36N8O6. The molecule has 12 N–H and O–H groups in total. The summed E-state index contributed by atoms with van der Waals surface area (Å²) in [6.45, 7) is 3.19. The van der Waals surface area contributed by atoms with E-state index in [4.69, 9.17) is 22.9 Å². The van der Waals surface area contributed by atoms with Crippen molar-refractivity contribution in [3.8, 4) is 0 Å². The summed E-state index contributed by atoms with van der Waals surface area (Å²) in [6.07, 6.45) is 0.889. The molecule has 0 heterocycles. The van der Waals surface area contributed by atoms with Crippen molar-refractivity contribution in [2.75, 3.05) is 13.1 Å². The molecule has 14 heteroatoms. The number of carboxylic acids is 1. The lowest BCUT2D eigenvalue weighted by Gasteiger charge is -2.24. The van der Waals surface area contributed by atoms with Crippen molar-refractivity contribution in [2.24, 2.45) is 33.8 Å². The molecule has 0 aromatic heterocycles. The Morgan fingerprint density at radius 1 is 1.00 bits per heavy atom. The van der Waals surface area contributed by atoms with Crippen LogP contribution in [0.25, 0.3) is 0 Å². The highest BCUT2D eigenvalue weighted by atomic mass is 16.4. The third-order valence-electron chi connectivity index (χ3n) is 4.84. The molecule has 33 heavy (non-hydrogen) atoms. The van der Waals surface area contributed by atoms with E-state index in [9.17, 15) is 29.1 Å². The summed E-state index contributed by atoms with van der Waals surface area (Å²) < 4.78 is 0. The SMILES string of the molecule is CCC(C)C(NC(=O)C(CCCN=C(N)N)NC(=O)CNC(=O)C(N)CCC(N)=O)C(=O)O. The lowest BCUT2D eigenvalue weighted by Crippen LogP contribution is -2.55. The number of rotatable bonds is 16. The smallest absolute Gasteiger partial charge is 0.326 e. The zero-order valence-electron chi connectivity index (χ0n) is 19.0. The van der Waals surface area contributed by atoms with E-state index in [2.05, 4.69) is 20.9 Å². The molecule has 0 aliphatic heterocycles. The summed E-state index contributed by atoms with van der Waals surface area (Å²) in [6, 6.07) is -3.25. The Balaban J connectivity index is 5.06. The molecule has 0 aliphatic carbocycles. The molecule has 188 valence electrons. The second kappa shape index (κ2) is 15.4. The van der Waals surface area contributed by atoms with Gasteiger partial charge >= 0.3 is 5.97 Å². The number of hydrogen-bond donors (Lipinski definition) is 8. The number of amides is 4. The van der Waals surface area contributed by atoms with E-state index >= 15 is 0 Å². The van der Waals surface area contributed by atoms with E-state index in [1.54, 1.807) is 13.8 Å². The second-order valence-electron chi connectivity index (χ2n) is 7.61. The highest BCUT2D eigenvalue weighted by Crippen LogP contribution is 2.09. The van der Waals surface area contributed by atoms with Crippen molar-refractivity contribution in [1.82, 2.24) is 16.0 Å². The molecule has 0 aliphatic rings. The van der Waals surface area contributed by atoms with Crippen LogP contribution in [-0.4, -0.2) is 71.9 Å². The Morgan fingerprint density at radius 2 is 1.64 bits per heavy atom. The van der Waals surface area contributed by atoms with Gasteiger partial charge in [-0.05, 0) is 25.2 Å². The van der Waals surface area contributed by atoms with E-state index in [1.165, 1.54) is 0 Å². The van der Waals surface area contributed by atoms with Crippen LogP contribution >= 0.6 is 0 Å². The number of carboxylic acid groups (broad SMARTS) is 1. The molecule has 14 nitrogen and oxygen atoms in total. The van der Waals surface area contributed by atoms with Crippen molar-refractivity contribution in [1.29, 1.82) is 0 Å². The molecule has 0 radical (unpaired) electrons. The lowest BCUT2D eigenvalue weighted by molar-refractivity contribution is -0.143. The molecule has 0 aromatic rings. The Hall–Kier alpha value is -3.42. The van der Waals surface area contributed by atoms with Gasteiger partial charge in [-0.25, -0.2) is 4.79 Å². The van der Waals surface area contributed by atoms with Gasteiger partial charge in [0.25, 0.3) is 0 Å². The van der Waals surface area contributed by atoms with Gasteiger partial charge in [-0.1, -0.05) is 20.3 Å². The van der Waals surface area contributed by atoms with Crippen LogP contribution in [-0.2, 0) is 24.0 Å². The van der Waals surface area contributed by atoms with Crippen LogP contribution < -0.4 is 38.9 Å². The van der Waals surface area contributed by atoms with E-state index in [-0.39, 0.29) is 37.7 Å². The predicted molar refractivity (Wildman–Crippen MR) is 120 cm³/mol. The Kier molecular flexibility index (Phi) is 13.8. The lowest BCUT2D eigenvalue weighted by atomic mass is 9.98. The summed E-state index contributed by atoms with van der Waals surface area (Å²) in [5.41, 5.74) is 21.2. The number of primary amides is 1. The third kappa shape index (κ3) is 12.9. The van der Waals surface area contributed by atoms with Crippen molar-refractivity contribution in [3.05, 3.63) is 0 Å². The van der Waals surface area contributed by atoms with Crippen LogP contribution in [0.3, 0.4) is 0 Å². The highest BCUT2D eigenvalue weighted by Gasteiger charge is 2.29. The summed E-state index contributed by atoms with van der Waals surface area (Å²) >= 11 is 0.